The molecule has 2 atom stereocenters. The van der Waals surface area contributed by atoms with Crippen LogP contribution >= 0.6 is 0 Å². The number of benzene rings is 1. The van der Waals surface area contributed by atoms with Gasteiger partial charge in [0, 0.05) is 12.3 Å². The first-order valence-corrected chi connectivity index (χ1v) is 6.56. The summed E-state index contributed by atoms with van der Waals surface area (Å²) in [4.78, 5) is 35.6. The summed E-state index contributed by atoms with van der Waals surface area (Å²) >= 11 is 0. The van der Waals surface area contributed by atoms with Crippen molar-refractivity contribution in [3.8, 4) is 0 Å². The third-order valence-corrected chi connectivity index (χ3v) is 3.64. The van der Waals surface area contributed by atoms with Gasteiger partial charge in [-0.2, -0.15) is 0 Å². The number of ketones is 2. The van der Waals surface area contributed by atoms with Crippen LogP contribution in [0.15, 0.2) is 41.7 Å². The molecular formula is C16H16O5. The van der Waals surface area contributed by atoms with Crippen molar-refractivity contribution in [3.63, 3.8) is 0 Å². The molecule has 0 saturated heterocycles. The normalized spacial score (nSPS) is 22.1. The highest BCUT2D eigenvalue weighted by Gasteiger charge is 2.42. The third kappa shape index (κ3) is 2.72. The maximum atomic E-state index is 12.1. The summed E-state index contributed by atoms with van der Waals surface area (Å²) in [6.45, 7) is 1.22. The van der Waals surface area contributed by atoms with Gasteiger partial charge < -0.3 is 9.84 Å². The first-order chi connectivity index (χ1) is 9.97. The molecule has 0 radical (unpaired) electrons. The van der Waals surface area contributed by atoms with E-state index in [1.165, 1.54) is 14.0 Å². The molecule has 0 bridgehead atoms. The molecule has 0 unspecified atom stereocenters. The molecule has 0 heterocycles. The van der Waals surface area contributed by atoms with Gasteiger partial charge in [-0.3, -0.25) is 9.59 Å². The van der Waals surface area contributed by atoms with Gasteiger partial charge in [-0.15, -0.1) is 0 Å². The number of carbonyl (C=O) groups is 3. The molecule has 1 aliphatic rings. The molecule has 21 heavy (non-hydrogen) atoms. The van der Waals surface area contributed by atoms with Crippen molar-refractivity contribution in [2.45, 2.75) is 19.3 Å². The lowest BCUT2D eigenvalue weighted by atomic mass is 9.75. The van der Waals surface area contributed by atoms with E-state index < -0.39 is 29.3 Å². The quantitative estimate of drug-likeness (QED) is 0.679. The number of hydrogen-bond donors (Lipinski definition) is 1. The van der Waals surface area contributed by atoms with Crippen LogP contribution in [0.3, 0.4) is 0 Å². The van der Waals surface area contributed by atoms with Crippen LogP contribution in [0.2, 0.25) is 0 Å². The van der Waals surface area contributed by atoms with Gasteiger partial charge in [0.15, 0.2) is 5.78 Å². The van der Waals surface area contributed by atoms with Crippen molar-refractivity contribution >= 4 is 17.5 Å². The van der Waals surface area contributed by atoms with Crippen LogP contribution in [0.5, 0.6) is 0 Å². The Bertz CT molecular complexity index is 615. The van der Waals surface area contributed by atoms with Crippen molar-refractivity contribution in [2.24, 2.45) is 5.92 Å². The van der Waals surface area contributed by atoms with E-state index in [4.69, 9.17) is 4.74 Å². The summed E-state index contributed by atoms with van der Waals surface area (Å²) in [7, 11) is 1.20. The lowest BCUT2D eigenvalue weighted by Crippen LogP contribution is -2.34. The van der Waals surface area contributed by atoms with Crippen LogP contribution in [-0.2, 0) is 19.1 Å². The first kappa shape index (κ1) is 15.0. The molecule has 0 saturated carbocycles. The summed E-state index contributed by atoms with van der Waals surface area (Å²) in [5, 5.41) is 10.2. The van der Waals surface area contributed by atoms with E-state index >= 15 is 0 Å². The van der Waals surface area contributed by atoms with Crippen LogP contribution in [0.25, 0.3) is 0 Å². The van der Waals surface area contributed by atoms with E-state index in [2.05, 4.69) is 0 Å². The lowest BCUT2D eigenvalue weighted by Gasteiger charge is -2.28. The molecule has 1 aromatic rings. The summed E-state index contributed by atoms with van der Waals surface area (Å²) < 4.78 is 4.70. The van der Waals surface area contributed by atoms with Crippen LogP contribution in [-0.4, -0.2) is 29.8 Å². The predicted molar refractivity (Wildman–Crippen MR) is 74.6 cm³/mol. The highest BCUT2D eigenvalue weighted by Crippen LogP contribution is 2.38. The Morgan fingerprint density at radius 2 is 1.86 bits per heavy atom. The van der Waals surface area contributed by atoms with Crippen molar-refractivity contribution in [3.05, 3.63) is 47.2 Å². The molecule has 1 aliphatic carbocycles. The number of aliphatic hydroxyl groups is 1. The maximum absolute atomic E-state index is 12.1. The minimum Gasteiger partial charge on any atom is -0.510 e. The topological polar surface area (TPSA) is 80.7 Å². The van der Waals surface area contributed by atoms with Gasteiger partial charge in [0.25, 0.3) is 0 Å². The standard InChI is InChI=1S/C16H16O5/c1-9(17)13-12(18)8-11(10-6-4-3-5-7-10)14(15(13)19)16(20)21-2/h3-7,11,13,19H,8H2,1-2H3/t11-,13-/m1/s1. The molecule has 1 N–H and O–H groups in total. The molecule has 2 rings (SSSR count). The fourth-order valence-corrected chi connectivity index (χ4v) is 2.65. The highest BCUT2D eigenvalue weighted by molar-refractivity contribution is 6.08. The molecule has 0 fully saturated rings. The van der Waals surface area contributed by atoms with Crippen LogP contribution < -0.4 is 0 Å². The van der Waals surface area contributed by atoms with Gasteiger partial charge in [0.05, 0.1) is 12.7 Å². The minimum atomic E-state index is -1.26. The zero-order valence-electron chi connectivity index (χ0n) is 11.8. The molecule has 110 valence electrons. The number of esters is 1. The number of Topliss-reactive ketones (excluding diaryl/α,β-unsaturated/α-hetero) is 2. The Morgan fingerprint density at radius 3 is 2.38 bits per heavy atom. The molecule has 1 aromatic carbocycles. The SMILES string of the molecule is COC(=O)C1=C(O)[C@H](C(C)=O)C(=O)C[C@@H]1c1ccccc1. The predicted octanol–water partition coefficient (Wildman–Crippen LogP) is 1.93. The minimum absolute atomic E-state index is 0.0106. The molecule has 0 spiro atoms. The Labute approximate surface area is 122 Å². The van der Waals surface area contributed by atoms with Gasteiger partial charge in [0.2, 0.25) is 0 Å². The zero-order chi connectivity index (χ0) is 15.6. The van der Waals surface area contributed by atoms with E-state index in [1.54, 1.807) is 24.3 Å². The summed E-state index contributed by atoms with van der Waals surface area (Å²) in [5.41, 5.74) is 0.711. The van der Waals surface area contributed by atoms with Gasteiger partial charge >= 0.3 is 5.97 Å². The monoisotopic (exact) mass is 288 g/mol. The fourth-order valence-electron chi connectivity index (χ4n) is 2.65. The Balaban J connectivity index is 2.58. The van der Waals surface area contributed by atoms with Crippen LogP contribution in [0.4, 0.5) is 0 Å². The number of aliphatic hydroxyl groups excluding tert-OH is 1. The molecule has 5 nitrogen and oxygen atoms in total. The van der Waals surface area contributed by atoms with Crippen molar-refractivity contribution in [1.82, 2.24) is 0 Å². The highest BCUT2D eigenvalue weighted by atomic mass is 16.5. The second-order valence-corrected chi connectivity index (χ2v) is 4.97. The van der Waals surface area contributed by atoms with Crippen molar-refractivity contribution in [1.29, 1.82) is 0 Å². The van der Waals surface area contributed by atoms with Gasteiger partial charge in [-0.25, -0.2) is 4.79 Å². The zero-order valence-corrected chi connectivity index (χ0v) is 11.8. The van der Waals surface area contributed by atoms with Crippen molar-refractivity contribution < 1.29 is 24.2 Å². The van der Waals surface area contributed by atoms with Gasteiger partial charge in [0.1, 0.15) is 17.5 Å². The maximum Gasteiger partial charge on any atom is 0.337 e. The smallest absolute Gasteiger partial charge is 0.337 e. The third-order valence-electron chi connectivity index (χ3n) is 3.64. The lowest BCUT2D eigenvalue weighted by molar-refractivity contribution is -0.137. The van der Waals surface area contributed by atoms with Gasteiger partial charge in [-0.05, 0) is 12.5 Å². The number of rotatable bonds is 3. The van der Waals surface area contributed by atoms with E-state index in [1.807, 2.05) is 6.07 Å². The number of hydrogen-bond acceptors (Lipinski definition) is 5. The first-order valence-electron chi connectivity index (χ1n) is 6.56. The fraction of sp³-hybridized carbons (Fsp3) is 0.312. The largest absolute Gasteiger partial charge is 0.510 e. The van der Waals surface area contributed by atoms with E-state index in [-0.39, 0.29) is 17.8 Å². The number of ether oxygens (including phenoxy) is 1. The Hall–Kier alpha value is -2.43. The number of methoxy groups -OCH3 is 1. The summed E-state index contributed by atoms with van der Waals surface area (Å²) in [6.07, 6.45) is -0.0112. The Morgan fingerprint density at radius 1 is 1.24 bits per heavy atom. The van der Waals surface area contributed by atoms with Crippen LogP contribution in [0.1, 0.15) is 24.8 Å². The summed E-state index contributed by atoms with van der Waals surface area (Å²) in [6, 6.07) is 8.91. The second-order valence-electron chi connectivity index (χ2n) is 4.97. The van der Waals surface area contributed by atoms with E-state index in [9.17, 15) is 19.5 Å². The molecular weight excluding hydrogens is 272 g/mol. The average molecular weight is 288 g/mol. The molecule has 0 aliphatic heterocycles. The molecule has 0 amide bonds. The molecule has 0 aromatic heterocycles. The number of carbonyl (C=O) groups excluding carboxylic acids is 3. The van der Waals surface area contributed by atoms with Crippen LogP contribution in [0, 0.1) is 5.92 Å². The van der Waals surface area contributed by atoms with E-state index in [0.717, 1.165) is 5.56 Å². The second kappa shape index (κ2) is 5.91. The molecule has 5 heteroatoms. The van der Waals surface area contributed by atoms with Crippen molar-refractivity contribution in [2.75, 3.05) is 7.11 Å². The Kier molecular flexibility index (Phi) is 4.21. The average Bonchev–Trinajstić information content (AvgIpc) is 2.46. The number of allylic oxidation sites excluding steroid dienone is 1. The van der Waals surface area contributed by atoms with E-state index in [0.29, 0.717) is 0 Å². The van der Waals surface area contributed by atoms with Gasteiger partial charge in [-0.1, -0.05) is 30.3 Å². The summed E-state index contributed by atoms with van der Waals surface area (Å²) in [5.74, 6) is -3.94.